The van der Waals surface area contributed by atoms with Crippen LogP contribution < -0.4 is 9.47 Å². The second kappa shape index (κ2) is 4.61. The minimum Gasteiger partial charge on any atom is -0.502 e. The molecule has 80 valence electrons. The lowest BCUT2D eigenvalue weighted by atomic mass is 10.0. The van der Waals surface area contributed by atoms with Crippen LogP contribution in [0.4, 0.5) is 0 Å². The van der Waals surface area contributed by atoms with Crippen LogP contribution in [0.3, 0.4) is 0 Å². The van der Waals surface area contributed by atoms with E-state index in [1.54, 1.807) is 12.1 Å². The summed E-state index contributed by atoms with van der Waals surface area (Å²) >= 11 is 0. The number of hydrogen-bond donors (Lipinski definition) is 1. The van der Waals surface area contributed by atoms with Gasteiger partial charge in [-0.05, 0) is 24.6 Å². The molecule has 0 bridgehead atoms. The first-order chi connectivity index (χ1) is 7.13. The molecule has 1 atom stereocenters. The van der Waals surface area contributed by atoms with Crippen LogP contribution in [0.5, 0.6) is 17.2 Å². The number of methoxy groups -OCH3 is 2. The third-order valence-corrected chi connectivity index (χ3v) is 2.25. The smallest absolute Gasteiger partial charge is 0.200 e. The van der Waals surface area contributed by atoms with Gasteiger partial charge >= 0.3 is 0 Å². The fourth-order valence-electron chi connectivity index (χ4n) is 1.26. The van der Waals surface area contributed by atoms with Gasteiger partial charge in [-0.3, -0.25) is 0 Å². The molecule has 0 heterocycles. The third kappa shape index (κ3) is 2.16. The Labute approximate surface area is 89.6 Å². The van der Waals surface area contributed by atoms with Crippen LogP contribution in [-0.4, -0.2) is 19.3 Å². The number of phenols is 1. The molecule has 0 radical (unpaired) electrons. The highest BCUT2D eigenvalue weighted by Gasteiger charge is 2.13. The molecule has 0 fully saturated rings. The molecular weight excluding hydrogens is 192 g/mol. The van der Waals surface area contributed by atoms with E-state index in [9.17, 15) is 5.11 Å². The molecule has 0 aliphatic carbocycles. The molecule has 1 rings (SSSR count). The van der Waals surface area contributed by atoms with E-state index >= 15 is 0 Å². The second-order valence-corrected chi connectivity index (χ2v) is 3.16. The lowest BCUT2D eigenvalue weighted by molar-refractivity contribution is 0.339. The number of ether oxygens (including phenoxy) is 2. The van der Waals surface area contributed by atoms with Crippen LogP contribution in [0.2, 0.25) is 0 Å². The van der Waals surface area contributed by atoms with E-state index in [-0.39, 0.29) is 11.7 Å². The maximum absolute atomic E-state index is 9.67. The molecule has 3 nitrogen and oxygen atoms in total. The number of aromatic hydroxyl groups is 1. The van der Waals surface area contributed by atoms with Gasteiger partial charge in [-0.2, -0.15) is 0 Å². The lowest BCUT2D eigenvalue weighted by Gasteiger charge is -2.12. The summed E-state index contributed by atoms with van der Waals surface area (Å²) in [5.41, 5.74) is 0.879. The van der Waals surface area contributed by atoms with Gasteiger partial charge in [0, 0.05) is 5.92 Å². The largest absolute Gasteiger partial charge is 0.502 e. The molecule has 0 aromatic heterocycles. The van der Waals surface area contributed by atoms with Gasteiger partial charge in [-0.25, -0.2) is 0 Å². The van der Waals surface area contributed by atoms with Crippen LogP contribution in [-0.2, 0) is 0 Å². The molecule has 0 saturated carbocycles. The Kier molecular flexibility index (Phi) is 3.46. The first-order valence-electron chi connectivity index (χ1n) is 4.55. The summed E-state index contributed by atoms with van der Waals surface area (Å²) in [4.78, 5) is 0. The molecule has 0 spiro atoms. The fourth-order valence-corrected chi connectivity index (χ4v) is 1.26. The quantitative estimate of drug-likeness (QED) is 0.770. The van der Waals surface area contributed by atoms with Gasteiger partial charge in [-0.1, -0.05) is 5.92 Å². The van der Waals surface area contributed by atoms with E-state index in [2.05, 4.69) is 5.92 Å². The van der Waals surface area contributed by atoms with Crippen molar-refractivity contribution in [3.05, 3.63) is 17.7 Å². The van der Waals surface area contributed by atoms with Crippen molar-refractivity contribution < 1.29 is 14.6 Å². The van der Waals surface area contributed by atoms with E-state index < -0.39 is 0 Å². The summed E-state index contributed by atoms with van der Waals surface area (Å²) in [6.45, 7) is 1.89. The predicted octanol–water partition coefficient (Wildman–Crippen LogP) is 2.15. The van der Waals surface area contributed by atoms with Gasteiger partial charge < -0.3 is 14.6 Å². The molecule has 3 heteroatoms. The van der Waals surface area contributed by atoms with Gasteiger partial charge in [0.2, 0.25) is 5.75 Å². The number of hydrogen-bond acceptors (Lipinski definition) is 3. The van der Waals surface area contributed by atoms with Crippen molar-refractivity contribution in [1.82, 2.24) is 0 Å². The summed E-state index contributed by atoms with van der Waals surface area (Å²) in [7, 11) is 2.97. The van der Waals surface area contributed by atoms with Crippen LogP contribution in [0.1, 0.15) is 18.4 Å². The monoisotopic (exact) mass is 206 g/mol. The zero-order chi connectivity index (χ0) is 11.4. The molecule has 1 aromatic carbocycles. The molecular formula is C12H14O3. The molecule has 1 aromatic rings. The normalized spacial score (nSPS) is 11.6. The Morgan fingerprint density at radius 1 is 1.27 bits per heavy atom. The van der Waals surface area contributed by atoms with Crippen LogP contribution in [0.25, 0.3) is 0 Å². The van der Waals surface area contributed by atoms with Crippen LogP contribution in [0, 0.1) is 12.3 Å². The summed E-state index contributed by atoms with van der Waals surface area (Å²) in [5.74, 6) is 3.29. The molecule has 15 heavy (non-hydrogen) atoms. The zero-order valence-corrected chi connectivity index (χ0v) is 9.07. The first-order valence-corrected chi connectivity index (χ1v) is 4.55. The fraction of sp³-hybridized carbons (Fsp3) is 0.333. The minimum atomic E-state index is -0.0478. The van der Waals surface area contributed by atoms with Gasteiger partial charge in [0.05, 0.1) is 14.2 Å². The average molecular weight is 206 g/mol. The summed E-state index contributed by atoms with van der Waals surface area (Å²) < 4.78 is 10.0. The molecule has 0 aliphatic heterocycles. The summed E-state index contributed by atoms with van der Waals surface area (Å²) in [6.07, 6.45) is 5.33. The SMILES string of the molecule is C#CC(C)c1cc(OC)c(O)c(OC)c1. The summed E-state index contributed by atoms with van der Waals surface area (Å²) in [5, 5.41) is 9.67. The molecule has 1 unspecified atom stereocenters. The lowest BCUT2D eigenvalue weighted by Crippen LogP contribution is -1.95. The molecule has 1 N–H and O–H groups in total. The van der Waals surface area contributed by atoms with Crippen LogP contribution >= 0.6 is 0 Å². The van der Waals surface area contributed by atoms with Crippen molar-refractivity contribution in [2.24, 2.45) is 0 Å². The van der Waals surface area contributed by atoms with E-state index in [1.165, 1.54) is 14.2 Å². The molecule has 0 aliphatic rings. The Hall–Kier alpha value is -1.82. The zero-order valence-electron chi connectivity index (χ0n) is 9.07. The standard InChI is InChI=1S/C12H14O3/c1-5-8(2)9-6-10(14-3)12(13)11(7-9)15-4/h1,6-8,13H,2-4H3. The Bertz CT molecular complexity index is 365. The average Bonchev–Trinajstić information content (AvgIpc) is 2.28. The van der Waals surface area contributed by atoms with Crippen molar-refractivity contribution in [2.45, 2.75) is 12.8 Å². The minimum absolute atomic E-state index is 0.00651. The molecule has 0 saturated heterocycles. The maximum Gasteiger partial charge on any atom is 0.200 e. The first kappa shape index (κ1) is 11.3. The van der Waals surface area contributed by atoms with E-state index in [0.717, 1.165) is 5.56 Å². The van der Waals surface area contributed by atoms with Crippen molar-refractivity contribution >= 4 is 0 Å². The Balaban J connectivity index is 3.28. The molecule has 0 amide bonds. The van der Waals surface area contributed by atoms with Gasteiger partial charge in [0.25, 0.3) is 0 Å². The van der Waals surface area contributed by atoms with Crippen LogP contribution in [0.15, 0.2) is 12.1 Å². The third-order valence-electron chi connectivity index (χ3n) is 2.25. The maximum atomic E-state index is 9.67. The number of rotatable bonds is 3. The van der Waals surface area contributed by atoms with Gasteiger partial charge in [0.1, 0.15) is 0 Å². The van der Waals surface area contributed by atoms with Gasteiger partial charge in [0.15, 0.2) is 11.5 Å². The Morgan fingerprint density at radius 2 is 1.73 bits per heavy atom. The number of terminal acetylenes is 1. The Morgan fingerprint density at radius 3 is 2.07 bits per heavy atom. The highest BCUT2D eigenvalue weighted by molar-refractivity contribution is 5.54. The summed E-state index contributed by atoms with van der Waals surface area (Å²) in [6, 6.07) is 3.42. The number of benzene rings is 1. The number of phenolic OH excluding ortho intramolecular Hbond substituents is 1. The second-order valence-electron chi connectivity index (χ2n) is 3.16. The highest BCUT2D eigenvalue weighted by atomic mass is 16.5. The predicted molar refractivity (Wildman–Crippen MR) is 58.5 cm³/mol. The van der Waals surface area contributed by atoms with E-state index in [0.29, 0.717) is 11.5 Å². The van der Waals surface area contributed by atoms with Crippen molar-refractivity contribution in [3.8, 4) is 29.6 Å². The highest BCUT2D eigenvalue weighted by Crippen LogP contribution is 2.38. The van der Waals surface area contributed by atoms with E-state index in [4.69, 9.17) is 15.9 Å². The van der Waals surface area contributed by atoms with Crippen molar-refractivity contribution in [1.29, 1.82) is 0 Å². The van der Waals surface area contributed by atoms with Crippen molar-refractivity contribution in [2.75, 3.05) is 14.2 Å². The van der Waals surface area contributed by atoms with Gasteiger partial charge in [-0.15, -0.1) is 6.42 Å². The van der Waals surface area contributed by atoms with Crippen molar-refractivity contribution in [3.63, 3.8) is 0 Å². The van der Waals surface area contributed by atoms with E-state index in [1.807, 2.05) is 6.92 Å². The topological polar surface area (TPSA) is 38.7 Å².